The third-order valence-corrected chi connectivity index (χ3v) is 4.32. The lowest BCUT2D eigenvalue weighted by Crippen LogP contribution is -2.06. The first-order valence-corrected chi connectivity index (χ1v) is 7.80. The van der Waals surface area contributed by atoms with Crippen LogP contribution in [0.2, 0.25) is 0 Å². The fraction of sp³-hybridized carbons (Fsp3) is 0.278. The largest absolute Gasteiger partial charge is 0.294 e. The molecule has 1 nitrogen and oxygen atoms in total. The average Bonchev–Trinajstić information content (AvgIpc) is 2.98. The van der Waals surface area contributed by atoms with E-state index in [1.54, 1.807) is 11.3 Å². The van der Waals surface area contributed by atoms with Crippen LogP contribution in [-0.4, -0.2) is 5.78 Å². The molecule has 0 aliphatic rings. The van der Waals surface area contributed by atoms with Crippen LogP contribution in [0.25, 0.3) is 0 Å². The van der Waals surface area contributed by atoms with Crippen LogP contribution in [0.4, 0.5) is 0 Å². The van der Waals surface area contributed by atoms with Crippen LogP contribution in [0, 0.1) is 0 Å². The van der Waals surface area contributed by atoms with Gasteiger partial charge in [-0.25, -0.2) is 0 Å². The lowest BCUT2D eigenvalue weighted by molar-refractivity contribution is 0.0974. The van der Waals surface area contributed by atoms with Crippen molar-refractivity contribution in [2.75, 3.05) is 0 Å². The Morgan fingerprint density at radius 3 is 2.50 bits per heavy atom. The highest BCUT2D eigenvalue weighted by Gasteiger charge is 2.17. The van der Waals surface area contributed by atoms with Crippen LogP contribution in [0.3, 0.4) is 0 Å². The molecule has 2 rings (SSSR count). The molecule has 0 N–H and O–H groups in total. The zero-order valence-electron chi connectivity index (χ0n) is 12.0. The maximum atomic E-state index is 12.4. The van der Waals surface area contributed by atoms with E-state index in [0.717, 1.165) is 12.0 Å². The summed E-state index contributed by atoms with van der Waals surface area (Å²) < 4.78 is 0. The second kappa shape index (κ2) is 7.20. The maximum Gasteiger partial charge on any atom is 0.163 e. The number of carbonyl (C=O) groups excluding carboxylic acids is 1. The Kier molecular flexibility index (Phi) is 5.31. The second-order valence-corrected chi connectivity index (χ2v) is 6.20. The van der Waals surface area contributed by atoms with Gasteiger partial charge in [0.05, 0.1) is 0 Å². The molecule has 0 aliphatic heterocycles. The summed E-state index contributed by atoms with van der Waals surface area (Å²) >= 11 is 1.74. The monoisotopic (exact) mass is 284 g/mol. The third kappa shape index (κ3) is 4.17. The molecular weight excluding hydrogens is 264 g/mol. The Hall–Kier alpha value is -1.67. The molecule has 0 aliphatic carbocycles. The maximum absolute atomic E-state index is 12.4. The molecule has 0 amide bonds. The van der Waals surface area contributed by atoms with E-state index < -0.39 is 0 Å². The molecule has 2 aromatic rings. The highest BCUT2D eigenvalue weighted by atomic mass is 32.1. The molecule has 1 aromatic heterocycles. The van der Waals surface area contributed by atoms with Crippen LogP contribution in [-0.2, 0) is 0 Å². The minimum Gasteiger partial charge on any atom is -0.294 e. The van der Waals surface area contributed by atoms with Gasteiger partial charge in [-0.15, -0.1) is 11.3 Å². The molecule has 1 unspecified atom stereocenters. The molecule has 0 saturated carbocycles. The smallest absolute Gasteiger partial charge is 0.163 e. The van der Waals surface area contributed by atoms with Crippen molar-refractivity contribution < 1.29 is 4.79 Å². The summed E-state index contributed by atoms with van der Waals surface area (Å²) in [5, 5.41) is 2.08. The van der Waals surface area contributed by atoms with Gasteiger partial charge in [0.15, 0.2) is 5.78 Å². The SMILES string of the molecule is CC(C)=CCC(CC(=O)c1ccccc1)c1cccs1. The Balaban J connectivity index is 2.12. The molecule has 20 heavy (non-hydrogen) atoms. The van der Waals surface area contributed by atoms with Gasteiger partial charge in [0.1, 0.15) is 0 Å². The van der Waals surface area contributed by atoms with E-state index in [1.165, 1.54) is 10.5 Å². The summed E-state index contributed by atoms with van der Waals surface area (Å²) in [6.45, 7) is 4.20. The van der Waals surface area contributed by atoms with Gasteiger partial charge in [0.25, 0.3) is 0 Å². The van der Waals surface area contributed by atoms with Crippen molar-refractivity contribution in [1.82, 2.24) is 0 Å². The molecule has 0 saturated heterocycles. The quantitative estimate of drug-likeness (QED) is 0.508. The minimum atomic E-state index is 0.228. The second-order valence-electron chi connectivity index (χ2n) is 5.22. The molecule has 2 heteroatoms. The van der Waals surface area contributed by atoms with E-state index in [0.29, 0.717) is 6.42 Å². The molecule has 104 valence electrons. The predicted octanol–water partition coefficient (Wildman–Crippen LogP) is 5.46. The standard InChI is InChI=1S/C18H20OS/c1-14(2)10-11-16(18-9-6-12-20-18)13-17(19)15-7-4-3-5-8-15/h3-10,12,16H,11,13H2,1-2H3. The lowest BCUT2D eigenvalue weighted by atomic mass is 9.93. The van der Waals surface area contributed by atoms with E-state index in [-0.39, 0.29) is 11.7 Å². The van der Waals surface area contributed by atoms with Crippen molar-refractivity contribution in [2.24, 2.45) is 0 Å². The van der Waals surface area contributed by atoms with E-state index in [2.05, 4.69) is 37.4 Å². The average molecular weight is 284 g/mol. The molecule has 0 fully saturated rings. The van der Waals surface area contributed by atoms with Gasteiger partial charge in [0, 0.05) is 22.8 Å². The normalized spacial score (nSPS) is 11.9. The fourth-order valence-electron chi connectivity index (χ4n) is 2.17. The van der Waals surface area contributed by atoms with Crippen molar-refractivity contribution in [1.29, 1.82) is 0 Å². The Labute approximate surface area is 125 Å². The zero-order valence-corrected chi connectivity index (χ0v) is 12.8. The number of benzene rings is 1. The molecule has 0 bridgehead atoms. The fourth-order valence-corrected chi connectivity index (χ4v) is 3.01. The highest BCUT2D eigenvalue weighted by Crippen LogP contribution is 2.29. The number of thiophene rings is 1. The van der Waals surface area contributed by atoms with E-state index >= 15 is 0 Å². The van der Waals surface area contributed by atoms with Gasteiger partial charge in [-0.3, -0.25) is 4.79 Å². The van der Waals surface area contributed by atoms with Gasteiger partial charge in [-0.1, -0.05) is 48.0 Å². The lowest BCUT2D eigenvalue weighted by Gasteiger charge is -2.13. The summed E-state index contributed by atoms with van der Waals surface area (Å²) in [5.74, 6) is 0.517. The zero-order chi connectivity index (χ0) is 14.4. The first kappa shape index (κ1) is 14.7. The van der Waals surface area contributed by atoms with Crippen molar-refractivity contribution in [3.63, 3.8) is 0 Å². The molecule has 0 radical (unpaired) electrons. The number of allylic oxidation sites excluding steroid dienone is 2. The molecule has 1 aromatic carbocycles. The summed E-state index contributed by atoms with van der Waals surface area (Å²) in [7, 11) is 0. The molecule has 1 atom stereocenters. The first-order valence-electron chi connectivity index (χ1n) is 6.92. The number of hydrogen-bond acceptors (Lipinski definition) is 2. The number of carbonyl (C=O) groups is 1. The summed E-state index contributed by atoms with van der Waals surface area (Å²) in [6, 6.07) is 13.8. The van der Waals surface area contributed by atoms with Crippen LogP contribution < -0.4 is 0 Å². The van der Waals surface area contributed by atoms with Gasteiger partial charge >= 0.3 is 0 Å². The Morgan fingerprint density at radius 1 is 1.15 bits per heavy atom. The van der Waals surface area contributed by atoms with Crippen molar-refractivity contribution in [2.45, 2.75) is 32.6 Å². The number of hydrogen-bond donors (Lipinski definition) is 0. The Morgan fingerprint density at radius 2 is 1.90 bits per heavy atom. The third-order valence-electron chi connectivity index (χ3n) is 3.28. The molecule has 1 heterocycles. The van der Waals surface area contributed by atoms with Crippen LogP contribution in [0.1, 0.15) is 47.8 Å². The predicted molar refractivity (Wildman–Crippen MR) is 86.5 cm³/mol. The van der Waals surface area contributed by atoms with Crippen molar-refractivity contribution in [3.05, 3.63) is 69.9 Å². The first-order chi connectivity index (χ1) is 9.66. The number of rotatable bonds is 6. The van der Waals surface area contributed by atoms with E-state index in [1.807, 2.05) is 30.3 Å². The van der Waals surface area contributed by atoms with Gasteiger partial charge < -0.3 is 0 Å². The topological polar surface area (TPSA) is 17.1 Å². The molecular formula is C18H20OS. The van der Waals surface area contributed by atoms with Gasteiger partial charge in [-0.2, -0.15) is 0 Å². The Bertz CT molecular complexity index is 563. The minimum absolute atomic E-state index is 0.228. The van der Waals surface area contributed by atoms with E-state index in [9.17, 15) is 4.79 Å². The van der Waals surface area contributed by atoms with Crippen molar-refractivity contribution >= 4 is 17.1 Å². The van der Waals surface area contributed by atoms with Crippen LogP contribution in [0.15, 0.2) is 59.5 Å². The van der Waals surface area contributed by atoms with Crippen LogP contribution in [0.5, 0.6) is 0 Å². The van der Waals surface area contributed by atoms with Crippen molar-refractivity contribution in [3.8, 4) is 0 Å². The van der Waals surface area contributed by atoms with E-state index in [4.69, 9.17) is 0 Å². The summed E-state index contributed by atoms with van der Waals surface area (Å²) in [6.07, 6.45) is 3.73. The number of ketones is 1. The van der Waals surface area contributed by atoms with Gasteiger partial charge in [-0.05, 0) is 31.7 Å². The number of Topliss-reactive ketones (excluding diaryl/α,β-unsaturated/α-hetero) is 1. The summed E-state index contributed by atoms with van der Waals surface area (Å²) in [5.41, 5.74) is 2.12. The van der Waals surface area contributed by atoms with Gasteiger partial charge in [0.2, 0.25) is 0 Å². The molecule has 0 spiro atoms. The van der Waals surface area contributed by atoms with Crippen LogP contribution >= 0.6 is 11.3 Å². The summed E-state index contributed by atoms with van der Waals surface area (Å²) in [4.78, 5) is 13.7. The highest BCUT2D eigenvalue weighted by molar-refractivity contribution is 7.10.